The van der Waals surface area contributed by atoms with Gasteiger partial charge in [0.05, 0.1) is 11.8 Å². The molecule has 2 rings (SSSR count). The van der Waals surface area contributed by atoms with Gasteiger partial charge in [-0.3, -0.25) is 9.59 Å². The number of esters is 2. The van der Waals surface area contributed by atoms with E-state index in [1.54, 1.807) is 13.8 Å². The second-order valence-corrected chi connectivity index (χ2v) is 10.1. The summed E-state index contributed by atoms with van der Waals surface area (Å²) < 4.78 is 10.9. The maximum atomic E-state index is 12.4. The largest absolute Gasteiger partial charge is 0.461 e. The molecule has 0 saturated carbocycles. The zero-order chi connectivity index (χ0) is 24.4. The summed E-state index contributed by atoms with van der Waals surface area (Å²) in [6, 6.07) is 16.4. The number of rotatable bonds is 12. The minimum Gasteiger partial charge on any atom is -0.461 e. The van der Waals surface area contributed by atoms with Crippen LogP contribution in [0.15, 0.2) is 48.5 Å². The predicted molar refractivity (Wildman–Crippen MR) is 133 cm³/mol. The smallest absolute Gasteiger partial charge is 0.309 e. The zero-order valence-corrected chi connectivity index (χ0v) is 21.1. The molecule has 33 heavy (non-hydrogen) atoms. The molecule has 0 bridgehead atoms. The Morgan fingerprint density at radius 1 is 0.576 bits per heavy atom. The number of carbonyl (C=O) groups is 2. The molecule has 0 heterocycles. The summed E-state index contributed by atoms with van der Waals surface area (Å²) in [6.07, 6.45) is 2.47. The highest BCUT2D eigenvalue weighted by Crippen LogP contribution is 2.18. The molecule has 0 saturated heterocycles. The second-order valence-electron chi connectivity index (χ2n) is 10.1. The molecule has 0 aliphatic rings. The Bertz CT molecular complexity index is 792. The third-order valence-corrected chi connectivity index (χ3v) is 5.61. The molecule has 0 radical (unpaired) electrons. The van der Waals surface area contributed by atoms with Crippen molar-refractivity contribution in [2.75, 3.05) is 0 Å². The van der Waals surface area contributed by atoms with Crippen LogP contribution in [0.25, 0.3) is 0 Å². The van der Waals surface area contributed by atoms with E-state index in [-0.39, 0.29) is 37.0 Å². The van der Waals surface area contributed by atoms with Crippen LogP contribution in [0, 0.1) is 23.7 Å². The van der Waals surface area contributed by atoms with Gasteiger partial charge in [0.25, 0.3) is 0 Å². The van der Waals surface area contributed by atoms with Crippen molar-refractivity contribution in [3.63, 3.8) is 0 Å². The standard InChI is InChI=1S/C29H40O4/c1-20(2)15-24-7-11-26(12-8-24)18-32-28(30)22(5)17-23(6)29(31)33-19-27-13-9-25(10-14-27)16-21(3)4/h7-14,20-23H,15-19H2,1-6H3. The summed E-state index contributed by atoms with van der Waals surface area (Å²) in [7, 11) is 0. The average molecular weight is 453 g/mol. The lowest BCUT2D eigenvalue weighted by atomic mass is 9.97. The van der Waals surface area contributed by atoms with Gasteiger partial charge in [-0.2, -0.15) is 0 Å². The molecule has 0 fully saturated rings. The summed E-state index contributed by atoms with van der Waals surface area (Å²) in [5.41, 5.74) is 4.50. The Morgan fingerprint density at radius 2 is 0.879 bits per heavy atom. The highest BCUT2D eigenvalue weighted by molar-refractivity contribution is 5.75. The van der Waals surface area contributed by atoms with Crippen molar-refractivity contribution >= 4 is 11.9 Å². The van der Waals surface area contributed by atoms with Crippen LogP contribution in [0.1, 0.15) is 70.2 Å². The number of benzene rings is 2. The lowest BCUT2D eigenvalue weighted by Crippen LogP contribution is -2.22. The molecule has 180 valence electrons. The van der Waals surface area contributed by atoms with Gasteiger partial charge >= 0.3 is 11.9 Å². The molecule has 0 aliphatic heterocycles. The quantitative estimate of drug-likeness (QED) is 0.343. The molecule has 2 atom stereocenters. The summed E-state index contributed by atoms with van der Waals surface area (Å²) >= 11 is 0. The van der Waals surface area contributed by atoms with E-state index < -0.39 is 0 Å². The molecule has 0 amide bonds. The molecule has 0 aliphatic carbocycles. The zero-order valence-electron chi connectivity index (χ0n) is 21.1. The van der Waals surface area contributed by atoms with Crippen molar-refractivity contribution in [3.05, 3.63) is 70.8 Å². The lowest BCUT2D eigenvalue weighted by Gasteiger charge is -2.16. The minimum absolute atomic E-state index is 0.247. The first-order valence-corrected chi connectivity index (χ1v) is 12.1. The van der Waals surface area contributed by atoms with Crippen LogP contribution in [0.5, 0.6) is 0 Å². The molecule has 0 aromatic heterocycles. The van der Waals surface area contributed by atoms with Crippen molar-refractivity contribution in [1.29, 1.82) is 0 Å². The first-order chi connectivity index (χ1) is 15.6. The van der Waals surface area contributed by atoms with Crippen LogP contribution >= 0.6 is 0 Å². The van der Waals surface area contributed by atoms with Crippen molar-refractivity contribution in [3.8, 4) is 0 Å². The first-order valence-electron chi connectivity index (χ1n) is 12.1. The van der Waals surface area contributed by atoms with Gasteiger partial charge in [-0.25, -0.2) is 0 Å². The molecular formula is C29H40O4. The third-order valence-electron chi connectivity index (χ3n) is 5.61. The van der Waals surface area contributed by atoms with E-state index in [1.807, 2.05) is 24.3 Å². The fourth-order valence-corrected chi connectivity index (χ4v) is 3.80. The molecule has 4 heteroatoms. The number of hydrogen-bond donors (Lipinski definition) is 0. The monoisotopic (exact) mass is 452 g/mol. The van der Waals surface area contributed by atoms with E-state index >= 15 is 0 Å². The van der Waals surface area contributed by atoms with Crippen molar-refractivity contribution in [1.82, 2.24) is 0 Å². The molecule has 0 N–H and O–H groups in total. The fraction of sp³-hybridized carbons (Fsp3) is 0.517. The maximum absolute atomic E-state index is 12.4. The average Bonchev–Trinajstić information content (AvgIpc) is 2.76. The topological polar surface area (TPSA) is 52.6 Å². The summed E-state index contributed by atoms with van der Waals surface area (Å²) in [5.74, 6) is -0.105. The van der Waals surface area contributed by atoms with Gasteiger partial charge < -0.3 is 9.47 Å². The Hall–Kier alpha value is -2.62. The van der Waals surface area contributed by atoms with E-state index in [9.17, 15) is 9.59 Å². The summed E-state index contributed by atoms with van der Waals surface area (Å²) in [6.45, 7) is 12.9. The van der Waals surface area contributed by atoms with Crippen molar-refractivity contribution in [2.45, 2.75) is 74.0 Å². The van der Waals surface area contributed by atoms with Crippen LogP contribution in [-0.4, -0.2) is 11.9 Å². The number of carbonyl (C=O) groups excluding carboxylic acids is 2. The highest BCUT2D eigenvalue weighted by atomic mass is 16.5. The summed E-state index contributed by atoms with van der Waals surface area (Å²) in [5, 5.41) is 0. The van der Waals surface area contributed by atoms with Crippen LogP contribution < -0.4 is 0 Å². The van der Waals surface area contributed by atoms with Gasteiger partial charge in [0.15, 0.2) is 0 Å². The maximum Gasteiger partial charge on any atom is 0.309 e. The molecule has 2 aromatic carbocycles. The van der Waals surface area contributed by atoms with E-state index in [4.69, 9.17) is 9.47 Å². The van der Waals surface area contributed by atoms with Crippen molar-refractivity contribution in [2.24, 2.45) is 23.7 Å². The van der Waals surface area contributed by atoms with Crippen LogP contribution in [-0.2, 0) is 45.1 Å². The molecule has 0 spiro atoms. The summed E-state index contributed by atoms with van der Waals surface area (Å²) in [4.78, 5) is 24.8. The van der Waals surface area contributed by atoms with Gasteiger partial charge in [-0.1, -0.05) is 90.1 Å². The molecule has 4 nitrogen and oxygen atoms in total. The van der Waals surface area contributed by atoms with Gasteiger partial charge in [0.1, 0.15) is 13.2 Å². The molecular weight excluding hydrogens is 412 g/mol. The van der Waals surface area contributed by atoms with E-state index in [1.165, 1.54) is 11.1 Å². The Kier molecular flexibility index (Phi) is 10.6. The highest BCUT2D eigenvalue weighted by Gasteiger charge is 2.23. The number of ether oxygens (including phenoxy) is 2. The molecule has 2 aromatic rings. The lowest BCUT2D eigenvalue weighted by molar-refractivity contribution is -0.153. The first kappa shape index (κ1) is 26.6. The van der Waals surface area contributed by atoms with E-state index in [0.717, 1.165) is 24.0 Å². The van der Waals surface area contributed by atoms with Crippen LogP contribution in [0.4, 0.5) is 0 Å². The predicted octanol–water partition coefficient (Wildman–Crippen LogP) is 6.53. The third kappa shape index (κ3) is 9.81. The Balaban J connectivity index is 1.73. The van der Waals surface area contributed by atoms with Gasteiger partial charge in [-0.05, 0) is 53.4 Å². The van der Waals surface area contributed by atoms with Crippen LogP contribution in [0.3, 0.4) is 0 Å². The molecule has 2 unspecified atom stereocenters. The van der Waals surface area contributed by atoms with Crippen molar-refractivity contribution < 1.29 is 19.1 Å². The van der Waals surface area contributed by atoms with E-state index in [0.29, 0.717) is 18.3 Å². The van der Waals surface area contributed by atoms with Gasteiger partial charge in [0.2, 0.25) is 0 Å². The van der Waals surface area contributed by atoms with Crippen LogP contribution in [0.2, 0.25) is 0 Å². The Labute approximate surface area is 199 Å². The Morgan fingerprint density at radius 3 is 1.18 bits per heavy atom. The fourth-order valence-electron chi connectivity index (χ4n) is 3.80. The van der Waals surface area contributed by atoms with Gasteiger partial charge in [0, 0.05) is 0 Å². The second kappa shape index (κ2) is 13.2. The number of hydrogen-bond acceptors (Lipinski definition) is 4. The van der Waals surface area contributed by atoms with Gasteiger partial charge in [-0.15, -0.1) is 0 Å². The normalized spacial score (nSPS) is 13.1. The SMILES string of the molecule is CC(C)Cc1ccc(COC(=O)C(C)CC(C)C(=O)OCc2ccc(CC(C)C)cc2)cc1. The minimum atomic E-state index is -0.372. The van der Waals surface area contributed by atoms with E-state index in [2.05, 4.69) is 52.0 Å².